The molecule has 3 heterocycles. The Morgan fingerprint density at radius 3 is 2.69 bits per heavy atom. The lowest BCUT2D eigenvalue weighted by Gasteiger charge is -2.26. The van der Waals surface area contributed by atoms with Gasteiger partial charge in [-0.2, -0.15) is 0 Å². The molecule has 0 saturated carbocycles. The molecule has 0 aliphatic carbocycles. The Morgan fingerprint density at radius 2 is 1.91 bits per heavy atom. The second-order valence-corrected chi connectivity index (χ2v) is 9.84. The number of likely N-dealkylation sites (tertiary alicyclic amines) is 1. The predicted octanol–water partition coefficient (Wildman–Crippen LogP) is 5.06. The number of para-hydroxylation sites is 1. The van der Waals surface area contributed by atoms with Crippen molar-refractivity contribution in [3.05, 3.63) is 65.9 Å². The standard InChI is InChI=1S/C28H31N5O2/c1-18(2)15-22-7-6-14-33(22)27(35)19-10-12-21(13-11-19)30-28-29-17-20-16-25(34)32(3)24-9-5-4-8-23(24)26(20)31-28/h4-5,8-13,17-18,22H,6-7,14-16H2,1-3H3,(H,29,30,31). The SMILES string of the molecule is CC(C)CC1CCCN1C(=O)c1ccc(Nc2ncc3c(n2)-c2ccccc2N(C)C(=O)C3)cc1. The summed E-state index contributed by atoms with van der Waals surface area (Å²) in [5.41, 5.74) is 4.80. The highest BCUT2D eigenvalue weighted by Crippen LogP contribution is 2.35. The van der Waals surface area contributed by atoms with Crippen molar-refractivity contribution in [2.45, 2.75) is 45.6 Å². The molecule has 2 aliphatic heterocycles. The Balaban J connectivity index is 1.35. The summed E-state index contributed by atoms with van der Waals surface area (Å²) in [7, 11) is 1.79. The molecule has 0 spiro atoms. The molecule has 1 atom stereocenters. The van der Waals surface area contributed by atoms with E-state index >= 15 is 0 Å². The van der Waals surface area contributed by atoms with Gasteiger partial charge in [0.2, 0.25) is 11.9 Å². The van der Waals surface area contributed by atoms with Crippen molar-refractivity contribution in [2.75, 3.05) is 23.8 Å². The molecule has 7 heteroatoms. The van der Waals surface area contributed by atoms with Gasteiger partial charge in [-0.3, -0.25) is 9.59 Å². The van der Waals surface area contributed by atoms with Gasteiger partial charge < -0.3 is 15.1 Å². The van der Waals surface area contributed by atoms with E-state index in [4.69, 9.17) is 4.98 Å². The zero-order valence-electron chi connectivity index (χ0n) is 20.5. The molecule has 1 saturated heterocycles. The molecule has 180 valence electrons. The summed E-state index contributed by atoms with van der Waals surface area (Å²) in [4.78, 5) is 38.6. The van der Waals surface area contributed by atoms with Gasteiger partial charge >= 0.3 is 0 Å². The number of nitrogens with one attached hydrogen (secondary N) is 1. The van der Waals surface area contributed by atoms with Crippen molar-refractivity contribution >= 4 is 29.1 Å². The molecular formula is C28H31N5O2. The normalized spacial score (nSPS) is 17.3. The van der Waals surface area contributed by atoms with Crippen molar-refractivity contribution in [3.8, 4) is 11.3 Å². The van der Waals surface area contributed by atoms with Crippen LogP contribution in [0.4, 0.5) is 17.3 Å². The number of nitrogens with zero attached hydrogens (tertiary/aromatic N) is 4. The first-order valence-corrected chi connectivity index (χ1v) is 12.3. The molecule has 3 aromatic rings. The van der Waals surface area contributed by atoms with E-state index in [0.29, 0.717) is 23.5 Å². The maximum atomic E-state index is 13.1. The maximum Gasteiger partial charge on any atom is 0.254 e. The smallest absolute Gasteiger partial charge is 0.254 e. The fourth-order valence-corrected chi connectivity index (χ4v) is 5.10. The summed E-state index contributed by atoms with van der Waals surface area (Å²) in [6.07, 6.45) is 5.18. The van der Waals surface area contributed by atoms with Gasteiger partial charge in [-0.1, -0.05) is 32.0 Å². The Hall–Kier alpha value is -3.74. The molecule has 7 nitrogen and oxygen atoms in total. The van der Waals surface area contributed by atoms with Crippen molar-refractivity contribution < 1.29 is 9.59 Å². The number of hydrogen-bond donors (Lipinski definition) is 1. The minimum Gasteiger partial charge on any atom is -0.336 e. The van der Waals surface area contributed by atoms with Gasteiger partial charge in [0.25, 0.3) is 5.91 Å². The van der Waals surface area contributed by atoms with E-state index in [-0.39, 0.29) is 18.2 Å². The van der Waals surface area contributed by atoms with Gasteiger partial charge in [0.15, 0.2) is 0 Å². The number of hydrogen-bond acceptors (Lipinski definition) is 5. The number of carbonyl (C=O) groups excluding carboxylic acids is 2. The Kier molecular flexibility index (Phi) is 6.24. The zero-order valence-corrected chi connectivity index (χ0v) is 20.5. The molecular weight excluding hydrogens is 438 g/mol. The quantitative estimate of drug-likeness (QED) is 0.565. The summed E-state index contributed by atoms with van der Waals surface area (Å²) >= 11 is 0. The maximum absolute atomic E-state index is 13.1. The van der Waals surface area contributed by atoms with E-state index in [9.17, 15) is 9.59 Å². The van der Waals surface area contributed by atoms with Crippen LogP contribution in [0.15, 0.2) is 54.7 Å². The summed E-state index contributed by atoms with van der Waals surface area (Å²) in [6.45, 7) is 5.25. The van der Waals surface area contributed by atoms with Gasteiger partial charge in [-0.15, -0.1) is 0 Å². The number of benzene rings is 2. The Morgan fingerprint density at radius 1 is 1.14 bits per heavy atom. The van der Waals surface area contributed by atoms with Crippen molar-refractivity contribution in [2.24, 2.45) is 5.92 Å². The summed E-state index contributed by atoms with van der Waals surface area (Å²) in [5, 5.41) is 3.25. The molecule has 1 aromatic heterocycles. The largest absolute Gasteiger partial charge is 0.336 e. The number of rotatable bonds is 5. The van der Waals surface area contributed by atoms with Crippen LogP contribution >= 0.6 is 0 Å². The monoisotopic (exact) mass is 469 g/mol. The highest BCUT2D eigenvalue weighted by molar-refractivity contribution is 6.01. The highest BCUT2D eigenvalue weighted by Gasteiger charge is 2.30. The number of fused-ring (bicyclic) bond motifs is 3. The number of likely N-dealkylation sites (N-methyl/N-ethyl adjacent to an activating group) is 1. The lowest BCUT2D eigenvalue weighted by atomic mass is 10.0. The number of amides is 2. The third-order valence-corrected chi connectivity index (χ3v) is 6.87. The van der Waals surface area contributed by atoms with E-state index in [1.54, 1.807) is 18.1 Å². The van der Waals surface area contributed by atoms with Gasteiger partial charge in [-0.25, -0.2) is 9.97 Å². The van der Waals surface area contributed by atoms with E-state index < -0.39 is 0 Å². The average molecular weight is 470 g/mol. The molecule has 2 aliphatic rings. The third kappa shape index (κ3) is 4.63. The summed E-state index contributed by atoms with van der Waals surface area (Å²) < 4.78 is 0. The number of aromatic nitrogens is 2. The first-order valence-electron chi connectivity index (χ1n) is 12.3. The van der Waals surface area contributed by atoms with Crippen LogP contribution in [0.25, 0.3) is 11.3 Å². The second-order valence-electron chi connectivity index (χ2n) is 9.84. The molecule has 1 unspecified atom stereocenters. The molecule has 0 radical (unpaired) electrons. The highest BCUT2D eigenvalue weighted by atomic mass is 16.2. The van der Waals surface area contributed by atoms with E-state index in [0.717, 1.165) is 54.0 Å². The fourth-order valence-electron chi connectivity index (χ4n) is 5.10. The molecule has 5 rings (SSSR count). The van der Waals surface area contributed by atoms with Gasteiger partial charge in [0.1, 0.15) is 0 Å². The van der Waals surface area contributed by atoms with Crippen LogP contribution in [0.5, 0.6) is 0 Å². The van der Waals surface area contributed by atoms with Crippen LogP contribution in [0, 0.1) is 5.92 Å². The van der Waals surface area contributed by atoms with E-state index in [1.165, 1.54) is 0 Å². The molecule has 2 amide bonds. The number of carbonyl (C=O) groups is 2. The van der Waals surface area contributed by atoms with Gasteiger partial charge in [0.05, 0.1) is 17.8 Å². The minimum absolute atomic E-state index is 0.00870. The van der Waals surface area contributed by atoms with Crippen LogP contribution in [-0.4, -0.2) is 46.3 Å². The van der Waals surface area contributed by atoms with Crippen LogP contribution in [-0.2, 0) is 11.2 Å². The van der Waals surface area contributed by atoms with E-state index in [1.807, 2.05) is 53.4 Å². The van der Waals surface area contributed by atoms with Crippen LogP contribution in [0.3, 0.4) is 0 Å². The van der Waals surface area contributed by atoms with Crippen molar-refractivity contribution in [3.63, 3.8) is 0 Å². The zero-order chi connectivity index (χ0) is 24.5. The number of anilines is 3. The fraction of sp³-hybridized carbons (Fsp3) is 0.357. The van der Waals surface area contributed by atoms with E-state index in [2.05, 4.69) is 24.1 Å². The summed E-state index contributed by atoms with van der Waals surface area (Å²) in [6, 6.07) is 15.6. The second kappa shape index (κ2) is 9.49. The average Bonchev–Trinajstić information content (AvgIpc) is 3.28. The van der Waals surface area contributed by atoms with Gasteiger partial charge in [0, 0.05) is 48.2 Å². The van der Waals surface area contributed by atoms with Crippen LogP contribution in [0.2, 0.25) is 0 Å². The molecule has 35 heavy (non-hydrogen) atoms. The first-order chi connectivity index (χ1) is 16.9. The Bertz CT molecular complexity index is 1250. The molecule has 1 N–H and O–H groups in total. The van der Waals surface area contributed by atoms with Gasteiger partial charge in [-0.05, 0) is 55.5 Å². The lowest BCUT2D eigenvalue weighted by Crippen LogP contribution is -2.36. The predicted molar refractivity (Wildman–Crippen MR) is 138 cm³/mol. The molecule has 0 bridgehead atoms. The Labute approximate surface area is 206 Å². The molecule has 2 aromatic carbocycles. The molecule has 1 fully saturated rings. The third-order valence-electron chi connectivity index (χ3n) is 6.87. The minimum atomic E-state index is 0.00870. The van der Waals surface area contributed by atoms with Crippen molar-refractivity contribution in [1.82, 2.24) is 14.9 Å². The van der Waals surface area contributed by atoms with Crippen LogP contribution < -0.4 is 10.2 Å². The van der Waals surface area contributed by atoms with Crippen molar-refractivity contribution in [1.29, 1.82) is 0 Å². The first kappa shape index (κ1) is 23.0. The summed E-state index contributed by atoms with van der Waals surface area (Å²) in [5.74, 6) is 1.14. The lowest BCUT2D eigenvalue weighted by molar-refractivity contribution is -0.117. The topological polar surface area (TPSA) is 78.4 Å². The van der Waals surface area contributed by atoms with Crippen LogP contribution in [0.1, 0.15) is 49.0 Å².